The van der Waals surface area contributed by atoms with Crippen LogP contribution >= 0.6 is 0 Å². The highest BCUT2D eigenvalue weighted by Crippen LogP contribution is 2.27. The predicted octanol–water partition coefficient (Wildman–Crippen LogP) is 2.56. The van der Waals surface area contributed by atoms with Crippen molar-refractivity contribution in [3.8, 4) is 11.4 Å². The summed E-state index contributed by atoms with van der Waals surface area (Å²) in [7, 11) is -3.73. The molecule has 0 bridgehead atoms. The van der Waals surface area contributed by atoms with E-state index in [9.17, 15) is 35.6 Å². The fourth-order valence-electron chi connectivity index (χ4n) is 2.98. The minimum atomic E-state index is -3.73. The third kappa shape index (κ3) is 5.43. The molecule has 2 N–H and O–H groups in total. The van der Waals surface area contributed by atoms with Crippen LogP contribution in [-0.2, 0) is 14.3 Å². The zero-order valence-electron chi connectivity index (χ0n) is 17.3. The Morgan fingerprint density at radius 2 is 1.56 bits per heavy atom. The summed E-state index contributed by atoms with van der Waals surface area (Å²) in [4.78, 5) is 25.1. The van der Waals surface area contributed by atoms with E-state index in [1.54, 1.807) is 0 Å². The first kappa shape index (κ1) is 24.9. The number of nitrogens with two attached hydrogens (primary N) is 1. The SMILES string of the molecule is CS(=O)(=O)OCCOc1cc(F)c(-n2c(N)c(C(=O)c3ccc(F)cc3F)ccc2=O)c(F)c1. The fourth-order valence-corrected chi connectivity index (χ4v) is 3.35. The molecule has 0 aliphatic heterocycles. The number of halogens is 4. The van der Waals surface area contributed by atoms with Crippen LogP contribution in [0.1, 0.15) is 15.9 Å². The number of nitrogens with zero attached hydrogens (tertiary/aromatic N) is 1. The minimum Gasteiger partial charge on any atom is -0.491 e. The number of carbonyl (C=O) groups is 1. The molecular formula is C21H16F4N2O6S. The molecule has 0 saturated heterocycles. The van der Waals surface area contributed by atoms with Crippen LogP contribution in [0.2, 0.25) is 0 Å². The van der Waals surface area contributed by atoms with E-state index in [1.165, 1.54) is 0 Å². The average Bonchev–Trinajstić information content (AvgIpc) is 2.72. The molecule has 0 amide bonds. The minimum absolute atomic E-state index is 0.344. The van der Waals surface area contributed by atoms with Gasteiger partial charge in [-0.2, -0.15) is 8.42 Å². The predicted molar refractivity (Wildman–Crippen MR) is 112 cm³/mol. The van der Waals surface area contributed by atoms with Crippen molar-refractivity contribution < 1.29 is 39.7 Å². The molecule has 0 aliphatic carbocycles. The maximum atomic E-state index is 14.8. The van der Waals surface area contributed by atoms with Gasteiger partial charge in [-0.25, -0.2) is 17.6 Å². The third-order valence-corrected chi connectivity index (χ3v) is 5.01. The molecule has 0 aliphatic rings. The van der Waals surface area contributed by atoms with Gasteiger partial charge in [-0.1, -0.05) is 0 Å². The highest BCUT2D eigenvalue weighted by Gasteiger charge is 2.23. The molecule has 34 heavy (non-hydrogen) atoms. The van der Waals surface area contributed by atoms with Gasteiger partial charge in [-0.15, -0.1) is 0 Å². The number of pyridine rings is 1. The van der Waals surface area contributed by atoms with Gasteiger partial charge in [0.05, 0.1) is 17.4 Å². The van der Waals surface area contributed by atoms with Gasteiger partial charge in [-0.3, -0.25) is 18.3 Å². The maximum absolute atomic E-state index is 14.8. The van der Waals surface area contributed by atoms with Gasteiger partial charge in [0.25, 0.3) is 15.7 Å². The van der Waals surface area contributed by atoms with Crippen molar-refractivity contribution >= 4 is 21.7 Å². The zero-order chi connectivity index (χ0) is 25.2. The Labute approximate surface area is 190 Å². The van der Waals surface area contributed by atoms with E-state index in [0.29, 0.717) is 22.8 Å². The molecule has 0 atom stereocenters. The van der Waals surface area contributed by atoms with Crippen LogP contribution in [0.5, 0.6) is 5.75 Å². The summed E-state index contributed by atoms with van der Waals surface area (Å²) in [6.45, 7) is -0.777. The van der Waals surface area contributed by atoms with Crippen molar-refractivity contribution in [2.45, 2.75) is 0 Å². The van der Waals surface area contributed by atoms with Crippen molar-refractivity contribution in [3.63, 3.8) is 0 Å². The highest BCUT2D eigenvalue weighted by molar-refractivity contribution is 7.85. The number of ketones is 1. The van der Waals surface area contributed by atoms with Crippen molar-refractivity contribution in [2.75, 3.05) is 25.2 Å². The summed E-state index contributed by atoms with van der Waals surface area (Å²) in [5.41, 5.74) is 2.90. The van der Waals surface area contributed by atoms with E-state index in [2.05, 4.69) is 4.18 Å². The van der Waals surface area contributed by atoms with Crippen LogP contribution in [0.4, 0.5) is 23.4 Å². The Morgan fingerprint density at radius 3 is 2.15 bits per heavy atom. The number of carbonyl (C=O) groups excluding carboxylic acids is 1. The molecule has 180 valence electrons. The lowest BCUT2D eigenvalue weighted by Gasteiger charge is -2.16. The maximum Gasteiger partial charge on any atom is 0.264 e. The Morgan fingerprint density at radius 1 is 0.941 bits per heavy atom. The molecule has 3 rings (SSSR count). The second-order valence-electron chi connectivity index (χ2n) is 6.87. The van der Waals surface area contributed by atoms with E-state index < -0.39 is 74.0 Å². The molecule has 0 unspecified atom stereocenters. The summed E-state index contributed by atoms with van der Waals surface area (Å²) in [5, 5.41) is 0. The van der Waals surface area contributed by atoms with E-state index >= 15 is 0 Å². The highest BCUT2D eigenvalue weighted by atomic mass is 32.2. The van der Waals surface area contributed by atoms with Gasteiger partial charge >= 0.3 is 0 Å². The van der Waals surface area contributed by atoms with Crippen molar-refractivity contribution in [2.24, 2.45) is 0 Å². The first-order valence-electron chi connectivity index (χ1n) is 9.37. The van der Waals surface area contributed by atoms with E-state index in [0.717, 1.165) is 30.5 Å². The van der Waals surface area contributed by atoms with Crippen LogP contribution in [0.25, 0.3) is 5.69 Å². The molecule has 8 nitrogen and oxygen atoms in total. The van der Waals surface area contributed by atoms with Crippen LogP contribution in [0.15, 0.2) is 47.3 Å². The third-order valence-electron chi connectivity index (χ3n) is 4.41. The quantitative estimate of drug-likeness (QED) is 0.219. The molecule has 3 aromatic rings. The Balaban J connectivity index is 1.98. The standard InChI is InChI=1S/C21H16F4N2O6S/c1-34(30,31)33-7-6-32-12-9-16(24)19(17(25)10-12)27-18(28)5-4-14(21(27)26)20(29)13-3-2-11(22)8-15(13)23/h2-5,8-10H,6-7,26H2,1H3. The molecule has 1 aromatic heterocycles. The van der Waals surface area contributed by atoms with Gasteiger partial charge in [0.1, 0.15) is 42.1 Å². The first-order valence-corrected chi connectivity index (χ1v) is 11.2. The molecule has 0 saturated carbocycles. The van der Waals surface area contributed by atoms with Gasteiger partial charge in [0, 0.05) is 24.3 Å². The van der Waals surface area contributed by atoms with Crippen LogP contribution in [-0.4, -0.2) is 38.2 Å². The number of ether oxygens (including phenoxy) is 1. The second kappa shape index (κ2) is 9.65. The number of anilines is 1. The van der Waals surface area contributed by atoms with Crippen LogP contribution < -0.4 is 16.0 Å². The lowest BCUT2D eigenvalue weighted by Crippen LogP contribution is -2.25. The number of aromatic nitrogens is 1. The van der Waals surface area contributed by atoms with Gasteiger partial charge in [0.2, 0.25) is 0 Å². The van der Waals surface area contributed by atoms with E-state index in [4.69, 9.17) is 10.5 Å². The molecule has 0 radical (unpaired) electrons. The van der Waals surface area contributed by atoms with Gasteiger partial charge in [0.15, 0.2) is 17.4 Å². The van der Waals surface area contributed by atoms with Gasteiger partial charge in [-0.05, 0) is 18.2 Å². The van der Waals surface area contributed by atoms with E-state index in [-0.39, 0.29) is 12.4 Å². The number of nitrogen functional groups attached to an aromatic ring is 1. The molecular weight excluding hydrogens is 484 g/mol. The normalized spacial score (nSPS) is 11.4. The average molecular weight is 500 g/mol. The van der Waals surface area contributed by atoms with Crippen molar-refractivity contribution in [3.05, 3.63) is 87.2 Å². The molecule has 1 heterocycles. The smallest absolute Gasteiger partial charge is 0.264 e. The Hall–Kier alpha value is -3.71. The lowest BCUT2D eigenvalue weighted by atomic mass is 10.0. The lowest BCUT2D eigenvalue weighted by molar-refractivity contribution is 0.103. The first-order chi connectivity index (χ1) is 15.9. The summed E-state index contributed by atoms with van der Waals surface area (Å²) >= 11 is 0. The van der Waals surface area contributed by atoms with Gasteiger partial charge < -0.3 is 10.5 Å². The summed E-state index contributed by atoms with van der Waals surface area (Å²) < 4.78 is 88.4. The van der Waals surface area contributed by atoms with E-state index in [1.807, 2.05) is 0 Å². The summed E-state index contributed by atoms with van der Waals surface area (Å²) in [6, 6.07) is 5.34. The zero-order valence-corrected chi connectivity index (χ0v) is 18.2. The largest absolute Gasteiger partial charge is 0.491 e. The fraction of sp³-hybridized carbons (Fsp3) is 0.143. The van der Waals surface area contributed by atoms with Crippen molar-refractivity contribution in [1.82, 2.24) is 4.57 Å². The second-order valence-corrected chi connectivity index (χ2v) is 8.51. The van der Waals surface area contributed by atoms with Crippen LogP contribution in [0.3, 0.4) is 0 Å². The number of rotatable bonds is 8. The molecule has 0 fully saturated rings. The summed E-state index contributed by atoms with van der Waals surface area (Å²) in [6.07, 6.45) is 0.812. The number of hydrogen-bond donors (Lipinski definition) is 1. The summed E-state index contributed by atoms with van der Waals surface area (Å²) in [5.74, 6) is -6.80. The topological polar surface area (TPSA) is 118 Å². The number of benzene rings is 2. The molecule has 0 spiro atoms. The van der Waals surface area contributed by atoms with Crippen LogP contribution in [0, 0.1) is 23.3 Å². The Kier molecular flexibility index (Phi) is 7.07. The monoisotopic (exact) mass is 500 g/mol. The Bertz CT molecular complexity index is 1420. The van der Waals surface area contributed by atoms with Crippen molar-refractivity contribution in [1.29, 1.82) is 0 Å². The molecule has 13 heteroatoms. The number of hydrogen-bond acceptors (Lipinski definition) is 7. The molecule has 2 aromatic carbocycles.